The van der Waals surface area contributed by atoms with E-state index in [-0.39, 0.29) is 22.8 Å². The Labute approximate surface area is 117 Å². The van der Waals surface area contributed by atoms with Gasteiger partial charge in [-0.3, -0.25) is 0 Å². The van der Waals surface area contributed by atoms with Crippen molar-refractivity contribution in [3.8, 4) is 0 Å². The summed E-state index contributed by atoms with van der Waals surface area (Å²) in [5.41, 5.74) is 0. The van der Waals surface area contributed by atoms with Crippen LogP contribution < -0.4 is 4.72 Å². The average molecular weight is 303 g/mol. The van der Waals surface area contributed by atoms with Gasteiger partial charge >= 0.3 is 5.97 Å². The van der Waals surface area contributed by atoms with Gasteiger partial charge in [0.05, 0.1) is 6.10 Å². The standard InChI is InChI=1S/C12H17NO6S/c1-7-11(6-10(19-7)12(14)15)20(16,17)13-8-4-3-5-9(8)18-2/h6,8-9,13H,3-5H2,1-2H3,(H,14,15). The SMILES string of the molecule is COC1CCCC1NS(=O)(=O)c1cc(C(=O)O)oc1C. The van der Waals surface area contributed by atoms with Crippen molar-refractivity contribution < 1.29 is 27.5 Å². The van der Waals surface area contributed by atoms with Gasteiger partial charge < -0.3 is 14.3 Å². The first-order valence-corrected chi connectivity index (χ1v) is 7.72. The summed E-state index contributed by atoms with van der Waals surface area (Å²) < 4.78 is 37.3. The van der Waals surface area contributed by atoms with E-state index in [9.17, 15) is 13.2 Å². The van der Waals surface area contributed by atoms with Gasteiger partial charge in [0.1, 0.15) is 10.7 Å². The molecule has 1 aromatic heterocycles. The zero-order chi connectivity index (χ0) is 14.9. The number of aryl methyl sites for hydroxylation is 1. The fourth-order valence-electron chi connectivity index (χ4n) is 2.44. The molecule has 0 radical (unpaired) electrons. The Morgan fingerprint density at radius 1 is 1.50 bits per heavy atom. The highest BCUT2D eigenvalue weighted by Crippen LogP contribution is 2.25. The number of sulfonamides is 1. The molecule has 2 unspecified atom stereocenters. The molecular formula is C12H17NO6S. The molecule has 112 valence electrons. The molecule has 1 aliphatic carbocycles. The van der Waals surface area contributed by atoms with Crippen molar-refractivity contribution in [1.82, 2.24) is 4.72 Å². The van der Waals surface area contributed by atoms with Gasteiger partial charge in [-0.25, -0.2) is 17.9 Å². The number of carboxylic acid groups (broad SMARTS) is 1. The fraction of sp³-hybridized carbons (Fsp3) is 0.583. The number of methoxy groups -OCH3 is 1. The molecule has 1 heterocycles. The summed E-state index contributed by atoms with van der Waals surface area (Å²) in [6.07, 6.45) is 2.22. The number of carboxylic acids is 1. The van der Waals surface area contributed by atoms with Crippen LogP contribution in [0.25, 0.3) is 0 Å². The van der Waals surface area contributed by atoms with Crippen molar-refractivity contribution >= 4 is 16.0 Å². The van der Waals surface area contributed by atoms with Crippen molar-refractivity contribution in [2.45, 2.75) is 43.2 Å². The van der Waals surface area contributed by atoms with E-state index in [0.29, 0.717) is 6.42 Å². The second-order valence-electron chi connectivity index (χ2n) is 4.77. The number of ether oxygens (including phenoxy) is 1. The van der Waals surface area contributed by atoms with Gasteiger partial charge in [-0.2, -0.15) is 0 Å². The van der Waals surface area contributed by atoms with E-state index in [4.69, 9.17) is 14.3 Å². The monoisotopic (exact) mass is 303 g/mol. The third-order valence-electron chi connectivity index (χ3n) is 3.43. The summed E-state index contributed by atoms with van der Waals surface area (Å²) >= 11 is 0. The Kier molecular flexibility index (Phi) is 4.17. The maximum Gasteiger partial charge on any atom is 0.371 e. The first kappa shape index (κ1) is 15.0. The molecule has 2 rings (SSSR count). The van der Waals surface area contributed by atoms with Crippen molar-refractivity contribution in [3.63, 3.8) is 0 Å². The second kappa shape index (κ2) is 5.55. The molecule has 0 amide bonds. The summed E-state index contributed by atoms with van der Waals surface area (Å²) in [6, 6.07) is 0.726. The predicted octanol–water partition coefficient (Wildman–Crippen LogP) is 1.13. The van der Waals surface area contributed by atoms with Gasteiger partial charge in [0.15, 0.2) is 0 Å². The molecule has 2 atom stereocenters. The lowest BCUT2D eigenvalue weighted by Crippen LogP contribution is -2.40. The molecule has 1 aromatic rings. The lowest BCUT2D eigenvalue weighted by molar-refractivity contribution is 0.0661. The Balaban J connectivity index is 2.24. The minimum absolute atomic E-state index is 0.0573. The molecule has 8 heteroatoms. The Morgan fingerprint density at radius 3 is 2.75 bits per heavy atom. The van der Waals surface area contributed by atoms with Gasteiger partial charge in [0.25, 0.3) is 0 Å². The first-order valence-electron chi connectivity index (χ1n) is 6.24. The van der Waals surface area contributed by atoms with Crippen LogP contribution in [0.1, 0.15) is 35.6 Å². The second-order valence-corrected chi connectivity index (χ2v) is 6.45. The Hall–Kier alpha value is -1.38. The highest BCUT2D eigenvalue weighted by Gasteiger charge is 2.33. The molecule has 0 bridgehead atoms. The molecule has 1 fully saturated rings. The van der Waals surface area contributed by atoms with E-state index in [1.165, 1.54) is 6.92 Å². The van der Waals surface area contributed by atoms with Crippen LogP contribution in [0.4, 0.5) is 0 Å². The van der Waals surface area contributed by atoms with Crippen LogP contribution in [0.5, 0.6) is 0 Å². The number of furan rings is 1. The minimum Gasteiger partial charge on any atom is -0.475 e. The number of aromatic carboxylic acids is 1. The van der Waals surface area contributed by atoms with Crippen molar-refractivity contribution in [3.05, 3.63) is 17.6 Å². The van der Waals surface area contributed by atoms with Gasteiger partial charge in [-0.1, -0.05) is 0 Å². The number of carbonyl (C=O) groups is 1. The summed E-state index contributed by atoms with van der Waals surface area (Å²) in [5.74, 6) is -1.63. The van der Waals surface area contributed by atoms with E-state index in [1.54, 1.807) is 7.11 Å². The topological polar surface area (TPSA) is 106 Å². The Morgan fingerprint density at radius 2 is 2.20 bits per heavy atom. The summed E-state index contributed by atoms with van der Waals surface area (Å²) in [6.45, 7) is 1.42. The van der Waals surface area contributed by atoms with Crippen LogP contribution in [0.15, 0.2) is 15.4 Å². The molecule has 2 N–H and O–H groups in total. The molecular weight excluding hydrogens is 286 g/mol. The third-order valence-corrected chi connectivity index (χ3v) is 5.03. The maximum atomic E-state index is 12.3. The molecule has 1 saturated carbocycles. The average Bonchev–Trinajstić information content (AvgIpc) is 2.95. The van der Waals surface area contributed by atoms with E-state index < -0.39 is 21.8 Å². The molecule has 20 heavy (non-hydrogen) atoms. The fourth-order valence-corrected chi connectivity index (χ4v) is 3.92. The van der Waals surface area contributed by atoms with Gasteiger partial charge in [-0.15, -0.1) is 0 Å². The zero-order valence-corrected chi connectivity index (χ0v) is 12.1. The van der Waals surface area contributed by atoms with E-state index >= 15 is 0 Å². The van der Waals surface area contributed by atoms with Gasteiger partial charge in [-0.05, 0) is 26.2 Å². The zero-order valence-electron chi connectivity index (χ0n) is 11.3. The van der Waals surface area contributed by atoms with Crippen LogP contribution >= 0.6 is 0 Å². The smallest absolute Gasteiger partial charge is 0.371 e. The normalized spacial score (nSPS) is 23.1. The van der Waals surface area contributed by atoms with E-state index in [0.717, 1.165) is 18.9 Å². The molecule has 0 saturated heterocycles. The lowest BCUT2D eigenvalue weighted by Gasteiger charge is -2.19. The highest BCUT2D eigenvalue weighted by atomic mass is 32.2. The third kappa shape index (κ3) is 2.87. The van der Waals surface area contributed by atoms with Crippen molar-refractivity contribution in [2.24, 2.45) is 0 Å². The summed E-state index contributed by atoms with van der Waals surface area (Å²) in [4.78, 5) is 10.7. The quantitative estimate of drug-likeness (QED) is 0.844. The largest absolute Gasteiger partial charge is 0.475 e. The number of nitrogens with one attached hydrogen (secondary N) is 1. The molecule has 0 aliphatic heterocycles. The minimum atomic E-state index is -3.82. The molecule has 1 aliphatic rings. The molecule has 7 nitrogen and oxygen atoms in total. The first-order chi connectivity index (χ1) is 9.35. The van der Waals surface area contributed by atoms with E-state index in [1.807, 2.05) is 0 Å². The number of hydrogen-bond donors (Lipinski definition) is 2. The van der Waals surface area contributed by atoms with Gasteiger partial charge in [0, 0.05) is 19.2 Å². The van der Waals surface area contributed by atoms with Crippen molar-refractivity contribution in [1.29, 1.82) is 0 Å². The Bertz CT molecular complexity index is 605. The van der Waals surface area contributed by atoms with Gasteiger partial charge in [0.2, 0.25) is 15.8 Å². The lowest BCUT2D eigenvalue weighted by atomic mass is 10.2. The van der Waals surface area contributed by atoms with Crippen LogP contribution in [0.2, 0.25) is 0 Å². The van der Waals surface area contributed by atoms with Crippen LogP contribution in [0.3, 0.4) is 0 Å². The maximum absolute atomic E-state index is 12.3. The van der Waals surface area contributed by atoms with Crippen molar-refractivity contribution in [2.75, 3.05) is 7.11 Å². The molecule has 0 spiro atoms. The van der Waals surface area contributed by atoms with Crippen LogP contribution in [0, 0.1) is 6.92 Å². The number of hydrogen-bond acceptors (Lipinski definition) is 5. The molecule has 0 aromatic carbocycles. The van der Waals surface area contributed by atoms with Crippen LogP contribution in [-0.2, 0) is 14.8 Å². The highest BCUT2D eigenvalue weighted by molar-refractivity contribution is 7.89. The van der Waals surface area contributed by atoms with Crippen LogP contribution in [-0.4, -0.2) is 38.7 Å². The summed E-state index contributed by atoms with van der Waals surface area (Å²) in [5, 5.41) is 8.82. The van der Waals surface area contributed by atoms with E-state index in [2.05, 4.69) is 4.72 Å². The number of rotatable bonds is 5. The summed E-state index contributed by atoms with van der Waals surface area (Å²) in [7, 11) is -2.27. The predicted molar refractivity (Wildman–Crippen MR) is 69.2 cm³/mol.